The fourth-order valence-electron chi connectivity index (χ4n) is 15.2. The predicted molar refractivity (Wildman–Crippen MR) is 649 cm³/mol. The van der Waals surface area contributed by atoms with E-state index in [2.05, 4.69) is 250 Å². The lowest BCUT2D eigenvalue weighted by atomic mass is 9.50. The summed E-state index contributed by atoms with van der Waals surface area (Å²) in [6.45, 7) is 76.5. The Hall–Kier alpha value is -1.16. The highest BCUT2D eigenvalue weighted by molar-refractivity contribution is 5.01. The Bertz CT molecular complexity index is 1840. The summed E-state index contributed by atoms with van der Waals surface area (Å²) in [6.07, 6.45) is 48.4. The second kappa shape index (κ2) is 158. The van der Waals surface area contributed by atoms with Crippen LogP contribution in [0.25, 0.3) is 0 Å². The molecule has 0 aromatic heterocycles. The zero-order valence-electron chi connectivity index (χ0n) is 103. The fraction of sp³-hybridized carbons (Fsp3) is 1.00. The van der Waals surface area contributed by atoms with Crippen LogP contribution < -0.4 is 135 Å². The molecule has 0 aliphatic heterocycles. The molecule has 4 aliphatic carbocycles. The zero-order valence-corrected chi connectivity index (χ0v) is 103. The van der Waals surface area contributed by atoms with Crippen LogP contribution in [-0.2, 0) is 14.2 Å². The molecule has 29 nitrogen and oxygen atoms in total. The number of rotatable bonds is 82. The van der Waals surface area contributed by atoms with Crippen molar-refractivity contribution in [2.75, 3.05) is 321 Å². The van der Waals surface area contributed by atoms with Crippen LogP contribution in [0.15, 0.2) is 0 Å². The first kappa shape index (κ1) is 167. The maximum Gasteiger partial charge on any atom is 0.0701 e. The third kappa shape index (κ3) is 186. The first-order valence-electron chi connectivity index (χ1n) is 59.6. The van der Waals surface area contributed by atoms with E-state index >= 15 is 0 Å². The Morgan fingerprint density at radius 1 is 0.273 bits per heavy atom. The molecule has 0 heterocycles. The lowest BCUT2D eigenvalue weighted by Gasteiger charge is -2.56. The number of hydrogen-bond acceptors (Lipinski definition) is 29. The molecule has 4 rings (SSSR count). The molecule has 0 aromatic rings. The summed E-state index contributed by atoms with van der Waals surface area (Å²) in [5.41, 5.74) is 28.6. The molecule has 0 spiro atoms. The fourth-order valence-corrected chi connectivity index (χ4v) is 15.2. The van der Waals surface area contributed by atoms with Crippen molar-refractivity contribution in [3.63, 3.8) is 0 Å². The van der Waals surface area contributed by atoms with Gasteiger partial charge in [-0.05, 0) is 368 Å². The number of nitrogens with zero attached hydrogens (tertiary/aromatic N) is 1. The molecular formula is C114H278N26O3. The summed E-state index contributed by atoms with van der Waals surface area (Å²) in [7, 11) is 25.7. The van der Waals surface area contributed by atoms with Crippen molar-refractivity contribution in [1.82, 2.24) is 111 Å². The summed E-state index contributed by atoms with van der Waals surface area (Å²) in [5.74, 6) is 3.99. The number of unbranched alkanes of at least 4 members (excludes halogenated alkanes) is 16. The Balaban J connectivity index is -0.000000129. The molecule has 143 heavy (non-hydrogen) atoms. The molecule has 0 aromatic carbocycles. The quantitative estimate of drug-likeness (QED) is 0.0251. The number of nitrogens with two attached hydrogens (primary N) is 5. The maximum atomic E-state index is 5.93. The molecule has 0 saturated heterocycles. The highest BCUT2D eigenvalue weighted by Gasteiger charge is 2.50. The average molecular weight is 2060 g/mol. The van der Waals surface area contributed by atoms with Gasteiger partial charge in [0.25, 0.3) is 0 Å². The molecule has 0 amide bonds. The zero-order chi connectivity index (χ0) is 110. The summed E-state index contributed by atoms with van der Waals surface area (Å²) >= 11 is 0. The van der Waals surface area contributed by atoms with Gasteiger partial charge >= 0.3 is 0 Å². The van der Waals surface area contributed by atoms with Crippen LogP contribution in [0.4, 0.5) is 0 Å². The molecular weight excluding hydrogens is 1780 g/mol. The van der Waals surface area contributed by atoms with Gasteiger partial charge in [0.15, 0.2) is 0 Å². The molecule has 3 atom stereocenters. The summed E-state index contributed by atoms with van der Waals surface area (Å²) < 4.78 is 15.7. The minimum atomic E-state index is 0.404. The summed E-state index contributed by atoms with van der Waals surface area (Å²) in [5, 5.41) is 63.1. The third-order valence-electron chi connectivity index (χ3n) is 23.6. The number of likely N-dealkylation sites (N-methyl/N-ethyl adjacent to an activating group) is 8. The van der Waals surface area contributed by atoms with Crippen molar-refractivity contribution in [2.45, 2.75) is 399 Å². The minimum absolute atomic E-state index is 0.404. The predicted octanol–water partition coefficient (Wildman–Crippen LogP) is 14.0. The van der Waals surface area contributed by atoms with Crippen molar-refractivity contribution in [3.05, 3.63) is 0 Å². The van der Waals surface area contributed by atoms with Crippen molar-refractivity contribution in [1.29, 1.82) is 0 Å². The van der Waals surface area contributed by atoms with Crippen LogP contribution >= 0.6 is 0 Å². The van der Waals surface area contributed by atoms with Gasteiger partial charge in [-0.3, -0.25) is 0 Å². The highest BCUT2D eigenvalue weighted by atomic mass is 16.5. The first-order chi connectivity index (χ1) is 69.1. The Morgan fingerprint density at radius 3 is 0.832 bits per heavy atom. The van der Waals surface area contributed by atoms with Gasteiger partial charge in [-0.25, -0.2) is 0 Å². The lowest BCUT2D eigenvalue weighted by molar-refractivity contribution is -0.0468. The SMILES string of the molecule is CC(C)NCCCNC(C)C.CC(C)NCCNC(C)C.CCCCC(CC)CN.CCCCCC(C)N.CCCCCCC(C)N.CCCCCCCCCCN.CCNCCCNCC.CCNCCNCC.CNCCCCCCNC.CNCCCN(C)CCCNC.CNCCCNC.CNCCNC.CNCCOCCNC.CNCCOCCOCCNC.NCC12CC3CC(CC(C3)C1)C2. The van der Waals surface area contributed by atoms with E-state index < -0.39 is 0 Å². The Labute approximate surface area is 898 Å². The van der Waals surface area contributed by atoms with Crippen LogP contribution in [0.1, 0.15) is 363 Å². The average Bonchev–Trinajstić information content (AvgIpc) is 0.754. The monoisotopic (exact) mass is 2060 g/mol. The van der Waals surface area contributed by atoms with Crippen molar-refractivity contribution in [3.8, 4) is 0 Å². The molecule has 4 bridgehead atoms. The van der Waals surface area contributed by atoms with Crippen LogP contribution in [0.2, 0.25) is 0 Å². The third-order valence-corrected chi connectivity index (χ3v) is 23.6. The van der Waals surface area contributed by atoms with Crippen LogP contribution in [0.5, 0.6) is 0 Å². The smallest absolute Gasteiger partial charge is 0.0701 e. The van der Waals surface area contributed by atoms with Gasteiger partial charge in [-0.1, -0.05) is 240 Å². The Morgan fingerprint density at radius 2 is 0.538 bits per heavy atom. The molecule has 0 radical (unpaired) electrons. The lowest BCUT2D eigenvalue weighted by Crippen LogP contribution is -2.49. The topological polar surface area (TPSA) is 402 Å². The number of nitrogens with one attached hydrogen (secondary N) is 20. The van der Waals surface area contributed by atoms with E-state index in [1.165, 1.54) is 257 Å². The van der Waals surface area contributed by atoms with E-state index in [4.69, 9.17) is 42.9 Å². The van der Waals surface area contributed by atoms with Crippen molar-refractivity contribution in [2.24, 2.45) is 57.8 Å². The second-order valence-corrected chi connectivity index (χ2v) is 40.3. The highest BCUT2D eigenvalue weighted by Crippen LogP contribution is 2.59. The molecule has 882 valence electrons. The number of ether oxygens (including phenoxy) is 3. The van der Waals surface area contributed by atoms with Gasteiger partial charge in [-0.2, -0.15) is 0 Å². The maximum absolute atomic E-state index is 5.93. The molecule has 4 aliphatic rings. The van der Waals surface area contributed by atoms with Crippen LogP contribution in [0, 0.1) is 29.1 Å². The van der Waals surface area contributed by atoms with E-state index in [1.54, 1.807) is 0 Å². The van der Waals surface area contributed by atoms with E-state index in [0.29, 0.717) is 54.9 Å². The molecule has 4 saturated carbocycles. The minimum Gasteiger partial charge on any atom is -0.379 e. The van der Waals surface area contributed by atoms with E-state index in [-0.39, 0.29) is 0 Å². The van der Waals surface area contributed by atoms with Gasteiger partial charge in [0.2, 0.25) is 0 Å². The summed E-state index contributed by atoms with van der Waals surface area (Å²) in [4.78, 5) is 2.38. The van der Waals surface area contributed by atoms with Gasteiger partial charge in [0.1, 0.15) is 0 Å². The molecule has 3 unspecified atom stereocenters. The molecule has 30 N–H and O–H groups in total. The van der Waals surface area contributed by atoms with E-state index in [0.717, 1.165) is 214 Å². The van der Waals surface area contributed by atoms with Crippen LogP contribution in [0.3, 0.4) is 0 Å². The van der Waals surface area contributed by atoms with Gasteiger partial charge < -0.3 is 154 Å². The number of hydrogen-bond donors (Lipinski definition) is 25. The normalized spacial score (nSPS) is 14.9. The van der Waals surface area contributed by atoms with Crippen molar-refractivity contribution >= 4 is 0 Å². The first-order valence-corrected chi connectivity index (χ1v) is 59.6. The van der Waals surface area contributed by atoms with E-state index in [9.17, 15) is 0 Å². The van der Waals surface area contributed by atoms with E-state index in [1.807, 2.05) is 84.6 Å². The van der Waals surface area contributed by atoms with Gasteiger partial charge in [-0.15, -0.1) is 0 Å². The van der Waals surface area contributed by atoms with Crippen molar-refractivity contribution < 1.29 is 14.2 Å². The standard InChI is InChI=1S/C11H19N.C10H23N.C9H23N3.C9H22N2.C8H20N2O2.2C8H20N2.2C8H19N.C7H18N2.C7H17N.C6H16N2O.C6H16N2.C5H14N2.C4H12N2/c12-7-11-4-8-1-9(5-11)3-10(2-8)6-11;1-2-3-4-5-6-7-8-9-10-11;1-10-6-4-8-12(3)9-5-7-11-2;1-8(2)10-6-5-7-11-9(3)4;1-9-3-5-11-7-8-12-6-4-10-2;1-7(2)9-5-6-10-8(3)4;1-9-7-5-3-4-6-8-10-2;1-3-4-5-6-7-8(2)9;1-3-5-6-8(4-2)7-9;1-3-8-6-5-7-9-4-2;1-3-4-5-6-7(2)8;1-7-3-5-9-6-4-8-2;1-3-7-5-6-8-4-2;1-6-4-3-5-7-2;1-5-3-4-6-2/h8-10H,1-7,12H2;2-11H2,1H3;10-11H,4-9H2,1-3H3;8-11H,5-7H2,1-4H3;9-10H,3-8H2,1-2H3;7-10H,5-6H2,1-4H3;9-10H,3-8H2,1-2H3;2*8H,3-7,9H2,1-2H3;8-9H,3-7H2,1-2H3;7H,3-6,8H2,1-2H3;7-8H,3-6H2,1-2H3;7-8H,3-6H2,1-2H3;6-7H,3-5H2,1-2H3;5-6H,3-4H2,1-2H3. The second-order valence-electron chi connectivity index (χ2n) is 40.3. The molecule has 4 fully saturated rings. The largest absolute Gasteiger partial charge is 0.379 e. The Kier molecular flexibility index (Phi) is 185. The summed E-state index contributed by atoms with van der Waals surface area (Å²) in [6, 6.07) is 3.26. The van der Waals surface area contributed by atoms with Crippen LogP contribution in [-0.4, -0.2) is 362 Å². The van der Waals surface area contributed by atoms with Gasteiger partial charge in [0.05, 0.1) is 39.6 Å². The van der Waals surface area contributed by atoms with Gasteiger partial charge in [0, 0.05) is 102 Å². The molecule has 29 heteroatoms.